The number of aromatic amines is 1. The number of pyridine rings is 1. The zero-order valence-electron chi connectivity index (χ0n) is 14.3. The Bertz CT molecular complexity index is 1160. The molecule has 0 spiro atoms. The maximum atomic E-state index is 12.6. The van der Waals surface area contributed by atoms with Crippen molar-refractivity contribution in [2.24, 2.45) is 0 Å². The average molecular weight is 342 g/mol. The molecule has 4 heteroatoms. The predicted octanol–water partition coefficient (Wildman–Crippen LogP) is 4.17. The van der Waals surface area contributed by atoms with Crippen molar-refractivity contribution in [3.05, 3.63) is 94.1 Å². The van der Waals surface area contributed by atoms with Gasteiger partial charge in [-0.25, -0.2) is 0 Å². The second-order valence-electron chi connectivity index (χ2n) is 6.37. The molecule has 1 heterocycles. The Labute approximate surface area is 150 Å². The van der Waals surface area contributed by atoms with Crippen molar-refractivity contribution in [1.29, 1.82) is 0 Å². The maximum absolute atomic E-state index is 12.6. The third kappa shape index (κ3) is 2.86. The molecule has 0 aliphatic rings. The molecule has 4 aromatic rings. The SMILES string of the molecule is C[C@@H](NC(=O)c1ccc2c(=O)c3ccccc3[nH]c2c1)c1ccccc1. The molecule has 128 valence electrons. The van der Waals surface area contributed by atoms with Crippen LogP contribution in [0, 0.1) is 0 Å². The van der Waals surface area contributed by atoms with E-state index in [1.54, 1.807) is 24.3 Å². The lowest BCUT2D eigenvalue weighted by Crippen LogP contribution is -2.26. The summed E-state index contributed by atoms with van der Waals surface area (Å²) in [6.45, 7) is 1.95. The van der Waals surface area contributed by atoms with E-state index in [9.17, 15) is 9.59 Å². The highest BCUT2D eigenvalue weighted by Crippen LogP contribution is 2.17. The summed E-state index contributed by atoms with van der Waals surface area (Å²) in [5.41, 5.74) is 2.96. The summed E-state index contributed by atoms with van der Waals surface area (Å²) in [5.74, 6) is -0.169. The van der Waals surface area contributed by atoms with E-state index in [2.05, 4.69) is 10.3 Å². The first-order valence-corrected chi connectivity index (χ1v) is 8.54. The molecule has 0 saturated heterocycles. The molecular formula is C22H18N2O2. The van der Waals surface area contributed by atoms with Crippen LogP contribution in [-0.4, -0.2) is 10.9 Å². The van der Waals surface area contributed by atoms with Gasteiger partial charge in [0.25, 0.3) is 5.91 Å². The van der Waals surface area contributed by atoms with Crippen LogP contribution in [0.2, 0.25) is 0 Å². The molecular weight excluding hydrogens is 324 g/mol. The van der Waals surface area contributed by atoms with Crippen molar-refractivity contribution in [1.82, 2.24) is 10.3 Å². The molecule has 0 aliphatic heterocycles. The van der Waals surface area contributed by atoms with E-state index in [0.29, 0.717) is 21.9 Å². The molecule has 0 saturated carbocycles. The monoisotopic (exact) mass is 342 g/mol. The Morgan fingerprint density at radius 3 is 2.38 bits per heavy atom. The summed E-state index contributed by atoms with van der Waals surface area (Å²) in [5, 5.41) is 4.23. The molecule has 0 radical (unpaired) electrons. The molecule has 1 aromatic heterocycles. The summed E-state index contributed by atoms with van der Waals surface area (Å²) in [7, 11) is 0. The van der Waals surface area contributed by atoms with Crippen LogP contribution in [-0.2, 0) is 0 Å². The van der Waals surface area contributed by atoms with Crippen molar-refractivity contribution in [3.8, 4) is 0 Å². The number of fused-ring (bicyclic) bond motifs is 2. The van der Waals surface area contributed by atoms with Crippen LogP contribution in [0.1, 0.15) is 28.9 Å². The summed E-state index contributed by atoms with van der Waals surface area (Å²) in [6.07, 6.45) is 0. The molecule has 0 bridgehead atoms. The van der Waals surface area contributed by atoms with E-state index >= 15 is 0 Å². The van der Waals surface area contributed by atoms with Gasteiger partial charge in [0.15, 0.2) is 5.43 Å². The standard InChI is InChI=1S/C22H18N2O2/c1-14(15-7-3-2-4-8-15)23-22(26)16-11-12-18-20(13-16)24-19-10-6-5-9-17(19)21(18)25/h2-14H,1H3,(H,23,26)(H,24,25)/t14-/m1/s1. The number of amides is 1. The summed E-state index contributed by atoms with van der Waals surface area (Å²) in [4.78, 5) is 28.5. The van der Waals surface area contributed by atoms with Gasteiger partial charge in [0, 0.05) is 21.9 Å². The lowest BCUT2D eigenvalue weighted by molar-refractivity contribution is 0.0940. The minimum atomic E-state index is -0.169. The third-order valence-corrected chi connectivity index (χ3v) is 4.61. The number of carbonyl (C=O) groups excluding carboxylic acids is 1. The Kier molecular flexibility index (Phi) is 4.01. The Morgan fingerprint density at radius 2 is 1.58 bits per heavy atom. The van der Waals surface area contributed by atoms with Gasteiger partial charge in [0.05, 0.1) is 11.6 Å². The first-order chi connectivity index (χ1) is 12.6. The molecule has 1 amide bonds. The van der Waals surface area contributed by atoms with E-state index < -0.39 is 0 Å². The fourth-order valence-corrected chi connectivity index (χ4v) is 3.17. The largest absolute Gasteiger partial charge is 0.354 e. The number of hydrogen-bond acceptors (Lipinski definition) is 2. The van der Waals surface area contributed by atoms with Crippen LogP contribution in [0.5, 0.6) is 0 Å². The summed E-state index contributed by atoms with van der Waals surface area (Å²) < 4.78 is 0. The van der Waals surface area contributed by atoms with Crippen LogP contribution < -0.4 is 10.7 Å². The lowest BCUT2D eigenvalue weighted by atomic mass is 10.1. The number of benzene rings is 3. The topological polar surface area (TPSA) is 62.0 Å². The molecule has 0 fully saturated rings. The summed E-state index contributed by atoms with van der Waals surface area (Å²) in [6, 6.07) is 22.2. The number of H-pyrrole nitrogens is 1. The first-order valence-electron chi connectivity index (χ1n) is 8.54. The maximum Gasteiger partial charge on any atom is 0.251 e. The third-order valence-electron chi connectivity index (χ3n) is 4.61. The second-order valence-corrected chi connectivity index (χ2v) is 6.37. The molecule has 3 aromatic carbocycles. The summed E-state index contributed by atoms with van der Waals surface area (Å²) >= 11 is 0. The van der Waals surface area contributed by atoms with E-state index in [1.165, 1.54) is 0 Å². The number of rotatable bonds is 3. The van der Waals surface area contributed by atoms with Gasteiger partial charge in [-0.05, 0) is 42.8 Å². The van der Waals surface area contributed by atoms with Crippen LogP contribution in [0.15, 0.2) is 77.6 Å². The van der Waals surface area contributed by atoms with Crippen LogP contribution in [0.4, 0.5) is 0 Å². The average Bonchev–Trinajstić information content (AvgIpc) is 2.68. The quantitative estimate of drug-likeness (QED) is 0.549. The van der Waals surface area contributed by atoms with Crippen LogP contribution in [0.25, 0.3) is 21.8 Å². The van der Waals surface area contributed by atoms with Crippen molar-refractivity contribution >= 4 is 27.7 Å². The molecule has 26 heavy (non-hydrogen) atoms. The van der Waals surface area contributed by atoms with Crippen LogP contribution in [0.3, 0.4) is 0 Å². The van der Waals surface area contributed by atoms with Crippen molar-refractivity contribution in [2.75, 3.05) is 0 Å². The van der Waals surface area contributed by atoms with Gasteiger partial charge in [-0.3, -0.25) is 9.59 Å². The number of hydrogen-bond donors (Lipinski definition) is 2. The zero-order chi connectivity index (χ0) is 18.1. The minimum absolute atomic E-state index is 0.0287. The fourth-order valence-electron chi connectivity index (χ4n) is 3.17. The Morgan fingerprint density at radius 1 is 0.885 bits per heavy atom. The Hall–Kier alpha value is -3.40. The number of nitrogens with one attached hydrogen (secondary N) is 2. The zero-order valence-corrected chi connectivity index (χ0v) is 14.3. The van der Waals surface area contributed by atoms with E-state index in [0.717, 1.165) is 11.1 Å². The normalized spacial score (nSPS) is 12.2. The number of carbonyl (C=O) groups is 1. The Balaban J connectivity index is 1.70. The van der Waals surface area contributed by atoms with Gasteiger partial charge in [-0.15, -0.1) is 0 Å². The molecule has 0 unspecified atom stereocenters. The lowest BCUT2D eigenvalue weighted by Gasteiger charge is -2.14. The molecule has 4 rings (SSSR count). The van der Waals surface area contributed by atoms with Gasteiger partial charge < -0.3 is 10.3 Å². The highest BCUT2D eigenvalue weighted by atomic mass is 16.1. The van der Waals surface area contributed by atoms with Crippen LogP contribution >= 0.6 is 0 Å². The van der Waals surface area contributed by atoms with E-state index in [-0.39, 0.29) is 17.4 Å². The fraction of sp³-hybridized carbons (Fsp3) is 0.0909. The van der Waals surface area contributed by atoms with E-state index in [4.69, 9.17) is 0 Å². The second kappa shape index (κ2) is 6.48. The number of aromatic nitrogens is 1. The van der Waals surface area contributed by atoms with Crippen molar-refractivity contribution in [2.45, 2.75) is 13.0 Å². The van der Waals surface area contributed by atoms with Crippen molar-refractivity contribution < 1.29 is 4.79 Å². The first kappa shape index (κ1) is 16.1. The molecule has 0 aliphatic carbocycles. The van der Waals surface area contributed by atoms with Gasteiger partial charge in [0.2, 0.25) is 0 Å². The molecule has 2 N–H and O–H groups in total. The molecule has 1 atom stereocenters. The van der Waals surface area contributed by atoms with Gasteiger partial charge >= 0.3 is 0 Å². The van der Waals surface area contributed by atoms with Gasteiger partial charge in [-0.2, -0.15) is 0 Å². The highest BCUT2D eigenvalue weighted by Gasteiger charge is 2.13. The van der Waals surface area contributed by atoms with Gasteiger partial charge in [-0.1, -0.05) is 42.5 Å². The number of para-hydroxylation sites is 1. The minimum Gasteiger partial charge on any atom is -0.354 e. The smallest absolute Gasteiger partial charge is 0.251 e. The highest BCUT2D eigenvalue weighted by molar-refractivity contribution is 6.00. The van der Waals surface area contributed by atoms with Gasteiger partial charge in [0.1, 0.15) is 0 Å². The van der Waals surface area contributed by atoms with Crippen molar-refractivity contribution in [3.63, 3.8) is 0 Å². The molecule has 4 nitrogen and oxygen atoms in total. The van der Waals surface area contributed by atoms with E-state index in [1.807, 2.05) is 55.5 Å². The predicted molar refractivity (Wildman–Crippen MR) is 104 cm³/mol.